The van der Waals surface area contributed by atoms with Gasteiger partial charge >= 0.3 is 0 Å². The minimum absolute atomic E-state index is 0.273. The van der Waals surface area contributed by atoms with E-state index < -0.39 is 0 Å². The number of aliphatic imine (C=N–C) groups is 1. The molecule has 92 valence electrons. The summed E-state index contributed by atoms with van der Waals surface area (Å²) in [6.07, 6.45) is 4.04. The molecule has 2 heteroatoms. The molecule has 18 heavy (non-hydrogen) atoms. The van der Waals surface area contributed by atoms with Crippen molar-refractivity contribution in [2.75, 3.05) is 0 Å². The Morgan fingerprint density at radius 3 is 2.39 bits per heavy atom. The monoisotopic (exact) mass is 239 g/mol. The van der Waals surface area contributed by atoms with Gasteiger partial charge in [-0.3, -0.25) is 4.99 Å². The number of phenols is 1. The quantitative estimate of drug-likeness (QED) is 0.800. The molecule has 0 aromatic heterocycles. The van der Waals surface area contributed by atoms with Crippen LogP contribution in [0.4, 0.5) is 0 Å². The number of aromatic hydroxyl groups is 1. The van der Waals surface area contributed by atoms with Crippen molar-refractivity contribution < 1.29 is 5.11 Å². The molecule has 0 radical (unpaired) electrons. The highest BCUT2D eigenvalue weighted by atomic mass is 16.3. The third-order valence-electron chi connectivity index (χ3n) is 3.52. The molecule has 0 aliphatic heterocycles. The molecule has 3 rings (SSSR count). The Labute approximate surface area is 107 Å². The molecular formula is C16H17NO. The van der Waals surface area contributed by atoms with Crippen LogP contribution in [0.2, 0.25) is 0 Å². The van der Waals surface area contributed by atoms with Crippen molar-refractivity contribution in [3.05, 3.63) is 41.0 Å². The number of rotatable bonds is 2. The Morgan fingerprint density at radius 2 is 1.72 bits per heavy atom. The first kappa shape index (κ1) is 11.3. The molecule has 0 fully saturated rings. The molecule has 0 amide bonds. The van der Waals surface area contributed by atoms with Crippen molar-refractivity contribution in [3.63, 3.8) is 0 Å². The van der Waals surface area contributed by atoms with Gasteiger partial charge in [0.2, 0.25) is 0 Å². The fourth-order valence-corrected chi connectivity index (χ4v) is 2.67. The highest BCUT2D eigenvalue weighted by Crippen LogP contribution is 2.37. The molecule has 2 aromatic carbocycles. The maximum Gasteiger partial charge on any atom is 0.124 e. The van der Waals surface area contributed by atoms with Gasteiger partial charge in [0.25, 0.3) is 0 Å². The summed E-state index contributed by atoms with van der Waals surface area (Å²) in [6, 6.07) is 8.35. The molecule has 0 bridgehead atoms. The Balaban J connectivity index is 2.29. The first-order valence-electron chi connectivity index (χ1n) is 6.46. The normalized spacial score (nSPS) is 14.2. The minimum atomic E-state index is 0.273. The van der Waals surface area contributed by atoms with Gasteiger partial charge in [0.05, 0.1) is 0 Å². The Bertz CT molecular complexity index is 631. The lowest BCUT2D eigenvalue weighted by atomic mass is 9.99. The molecule has 2 aromatic rings. The number of hydrogen-bond acceptors (Lipinski definition) is 2. The summed E-state index contributed by atoms with van der Waals surface area (Å²) < 4.78 is 0. The van der Waals surface area contributed by atoms with Crippen LogP contribution in [-0.2, 0) is 12.8 Å². The second-order valence-electron chi connectivity index (χ2n) is 5.18. The molecule has 0 unspecified atom stereocenters. The highest BCUT2D eigenvalue weighted by molar-refractivity contribution is 6.06. The summed E-state index contributed by atoms with van der Waals surface area (Å²) in [5.41, 5.74) is 3.71. The maximum absolute atomic E-state index is 10.1. The van der Waals surface area contributed by atoms with Crippen LogP contribution in [0.5, 0.6) is 5.75 Å². The minimum Gasteiger partial charge on any atom is -0.507 e. The van der Waals surface area contributed by atoms with E-state index in [0.717, 1.165) is 23.8 Å². The van der Waals surface area contributed by atoms with E-state index in [9.17, 15) is 5.11 Å². The third kappa shape index (κ3) is 1.69. The predicted octanol–water partition coefficient (Wildman–Crippen LogP) is 3.47. The second kappa shape index (κ2) is 4.13. The van der Waals surface area contributed by atoms with E-state index in [2.05, 4.69) is 31.0 Å². The average molecular weight is 239 g/mol. The van der Waals surface area contributed by atoms with Gasteiger partial charge in [-0.1, -0.05) is 18.2 Å². The molecule has 2 nitrogen and oxygen atoms in total. The number of phenolic OH excluding ortho intramolecular Hbond substituents is 1. The predicted molar refractivity (Wildman–Crippen MR) is 75.8 cm³/mol. The maximum atomic E-state index is 10.1. The zero-order chi connectivity index (χ0) is 12.7. The molecule has 0 heterocycles. The van der Waals surface area contributed by atoms with Crippen LogP contribution in [0.3, 0.4) is 0 Å². The van der Waals surface area contributed by atoms with Crippen LogP contribution in [0.25, 0.3) is 10.8 Å². The van der Waals surface area contributed by atoms with E-state index in [4.69, 9.17) is 0 Å². The van der Waals surface area contributed by atoms with Crippen molar-refractivity contribution in [3.8, 4) is 5.75 Å². The summed E-state index contributed by atoms with van der Waals surface area (Å²) in [6.45, 7) is 4.10. The number of nitrogens with zero attached hydrogens (tertiary/aromatic N) is 1. The SMILES string of the molecule is CC(C)N=Cc1ccc2c3c(ccc(O)c13)CC2. The largest absolute Gasteiger partial charge is 0.507 e. The van der Waals surface area contributed by atoms with E-state index in [1.807, 2.05) is 12.3 Å². The topological polar surface area (TPSA) is 32.6 Å². The number of aryl methyl sites for hydroxylation is 2. The van der Waals surface area contributed by atoms with Gasteiger partial charge in [-0.25, -0.2) is 0 Å². The molecule has 0 saturated carbocycles. The zero-order valence-corrected chi connectivity index (χ0v) is 10.8. The van der Waals surface area contributed by atoms with Gasteiger partial charge in [0.15, 0.2) is 0 Å². The highest BCUT2D eigenvalue weighted by Gasteiger charge is 2.17. The lowest BCUT2D eigenvalue weighted by molar-refractivity contribution is 0.481. The molecule has 0 atom stereocenters. The Kier molecular flexibility index (Phi) is 2.58. The van der Waals surface area contributed by atoms with Crippen LogP contribution < -0.4 is 0 Å². The van der Waals surface area contributed by atoms with E-state index in [-0.39, 0.29) is 6.04 Å². The number of benzene rings is 2. The molecule has 1 aliphatic carbocycles. The molecule has 0 spiro atoms. The number of hydrogen-bond donors (Lipinski definition) is 1. The summed E-state index contributed by atoms with van der Waals surface area (Å²) in [4.78, 5) is 4.43. The zero-order valence-electron chi connectivity index (χ0n) is 10.8. The summed E-state index contributed by atoms with van der Waals surface area (Å²) >= 11 is 0. The first-order chi connectivity index (χ1) is 8.66. The van der Waals surface area contributed by atoms with Gasteiger partial charge < -0.3 is 5.11 Å². The van der Waals surface area contributed by atoms with Crippen LogP contribution in [-0.4, -0.2) is 17.4 Å². The standard InChI is InChI=1S/C16H17NO/c1-10(2)17-9-13-6-5-11-3-4-12-7-8-14(18)16(13)15(11)12/h5-10,18H,3-4H2,1-2H3. The van der Waals surface area contributed by atoms with Crippen molar-refractivity contribution in [1.29, 1.82) is 0 Å². The van der Waals surface area contributed by atoms with E-state index in [1.54, 1.807) is 6.07 Å². The summed E-state index contributed by atoms with van der Waals surface area (Å²) in [7, 11) is 0. The summed E-state index contributed by atoms with van der Waals surface area (Å²) in [5, 5.41) is 12.3. The van der Waals surface area contributed by atoms with Crippen molar-refractivity contribution in [2.24, 2.45) is 4.99 Å². The molecule has 0 saturated heterocycles. The summed E-state index contributed by atoms with van der Waals surface area (Å²) in [5.74, 6) is 0.364. The van der Waals surface area contributed by atoms with Crippen molar-refractivity contribution in [1.82, 2.24) is 0 Å². The van der Waals surface area contributed by atoms with Crippen LogP contribution in [0, 0.1) is 0 Å². The molecule has 1 N–H and O–H groups in total. The van der Waals surface area contributed by atoms with Crippen molar-refractivity contribution in [2.45, 2.75) is 32.7 Å². The van der Waals surface area contributed by atoms with E-state index in [0.29, 0.717) is 5.75 Å². The fourth-order valence-electron chi connectivity index (χ4n) is 2.67. The van der Waals surface area contributed by atoms with E-state index in [1.165, 1.54) is 16.5 Å². The smallest absolute Gasteiger partial charge is 0.124 e. The Morgan fingerprint density at radius 1 is 1.06 bits per heavy atom. The van der Waals surface area contributed by atoms with Crippen molar-refractivity contribution >= 4 is 17.0 Å². The molecule has 1 aliphatic rings. The van der Waals surface area contributed by atoms with Gasteiger partial charge in [-0.2, -0.15) is 0 Å². The lowest BCUT2D eigenvalue weighted by Gasteiger charge is -2.08. The van der Waals surface area contributed by atoms with Gasteiger partial charge in [0, 0.05) is 23.2 Å². The van der Waals surface area contributed by atoms with Gasteiger partial charge in [-0.05, 0) is 49.3 Å². The van der Waals surface area contributed by atoms with E-state index >= 15 is 0 Å². The lowest BCUT2D eigenvalue weighted by Crippen LogP contribution is -1.93. The third-order valence-corrected chi connectivity index (χ3v) is 3.52. The molecular weight excluding hydrogens is 222 g/mol. The fraction of sp³-hybridized carbons (Fsp3) is 0.312. The van der Waals surface area contributed by atoms with Gasteiger partial charge in [-0.15, -0.1) is 0 Å². The Hall–Kier alpha value is -1.83. The first-order valence-corrected chi connectivity index (χ1v) is 6.46. The van der Waals surface area contributed by atoms with Crippen LogP contribution in [0.1, 0.15) is 30.5 Å². The van der Waals surface area contributed by atoms with Crippen LogP contribution in [0.15, 0.2) is 29.3 Å². The average Bonchev–Trinajstić information content (AvgIpc) is 2.76. The second-order valence-corrected chi connectivity index (χ2v) is 5.18. The van der Waals surface area contributed by atoms with Gasteiger partial charge in [0.1, 0.15) is 5.75 Å². The van der Waals surface area contributed by atoms with Crippen LogP contribution >= 0.6 is 0 Å².